The number of likely N-dealkylation sites (tertiary alicyclic amines) is 1. The van der Waals surface area contributed by atoms with E-state index in [9.17, 15) is 4.79 Å². The standard InChI is InChI=1S/C17H21N3O4/c1-11-9-16(24-19-11)14-5-4-8-20(14)17(21)18-13-7-6-12(22-2)10-15(13)23-3/h6-7,9-10,14H,4-5,8H2,1-3H3,(H,18,21). The maximum atomic E-state index is 12.7. The average molecular weight is 331 g/mol. The van der Waals surface area contributed by atoms with Crippen LogP contribution in [0.4, 0.5) is 10.5 Å². The van der Waals surface area contributed by atoms with Crippen molar-refractivity contribution in [3.63, 3.8) is 0 Å². The molecule has 1 aliphatic heterocycles. The zero-order valence-electron chi connectivity index (χ0n) is 14.0. The van der Waals surface area contributed by atoms with Crippen LogP contribution in [0.1, 0.15) is 30.3 Å². The van der Waals surface area contributed by atoms with Crippen molar-refractivity contribution in [1.82, 2.24) is 10.1 Å². The van der Waals surface area contributed by atoms with Crippen LogP contribution in [0, 0.1) is 6.92 Å². The number of methoxy groups -OCH3 is 2. The molecule has 2 aromatic rings. The molecule has 1 N–H and O–H groups in total. The predicted octanol–water partition coefficient (Wildman–Crippen LogP) is 3.37. The van der Waals surface area contributed by atoms with Crippen LogP contribution in [0.2, 0.25) is 0 Å². The molecule has 0 saturated carbocycles. The zero-order chi connectivity index (χ0) is 17.1. The van der Waals surface area contributed by atoms with E-state index in [1.807, 2.05) is 13.0 Å². The molecule has 1 aliphatic rings. The summed E-state index contributed by atoms with van der Waals surface area (Å²) in [7, 11) is 3.14. The van der Waals surface area contributed by atoms with Gasteiger partial charge in [0.1, 0.15) is 11.5 Å². The average Bonchev–Trinajstić information content (AvgIpc) is 3.23. The van der Waals surface area contributed by atoms with Crippen LogP contribution < -0.4 is 14.8 Å². The molecule has 1 fully saturated rings. The van der Waals surface area contributed by atoms with Crippen LogP contribution in [0.5, 0.6) is 11.5 Å². The second kappa shape index (κ2) is 6.82. The number of aryl methyl sites for hydroxylation is 1. The van der Waals surface area contributed by atoms with Gasteiger partial charge in [-0.15, -0.1) is 0 Å². The lowest BCUT2D eigenvalue weighted by atomic mass is 10.1. The monoisotopic (exact) mass is 331 g/mol. The number of rotatable bonds is 4. The first-order chi connectivity index (χ1) is 11.6. The molecule has 0 bridgehead atoms. The SMILES string of the molecule is COc1ccc(NC(=O)N2CCCC2c2cc(C)no2)c(OC)c1. The van der Waals surface area contributed by atoms with Crippen molar-refractivity contribution in [2.45, 2.75) is 25.8 Å². The number of carbonyl (C=O) groups excluding carboxylic acids is 1. The normalized spacial score (nSPS) is 17.0. The highest BCUT2D eigenvalue weighted by atomic mass is 16.5. The summed E-state index contributed by atoms with van der Waals surface area (Å²) >= 11 is 0. The Labute approximate surface area is 140 Å². The molecule has 2 amide bonds. The minimum atomic E-state index is -0.185. The number of urea groups is 1. The summed E-state index contributed by atoms with van der Waals surface area (Å²) in [4.78, 5) is 14.5. The predicted molar refractivity (Wildman–Crippen MR) is 88.5 cm³/mol. The van der Waals surface area contributed by atoms with Crippen LogP contribution in [0.3, 0.4) is 0 Å². The van der Waals surface area contributed by atoms with Crippen molar-refractivity contribution in [1.29, 1.82) is 0 Å². The number of aromatic nitrogens is 1. The van der Waals surface area contributed by atoms with Gasteiger partial charge in [-0.05, 0) is 31.9 Å². The van der Waals surface area contributed by atoms with Crippen molar-refractivity contribution in [3.05, 3.63) is 35.7 Å². The Hall–Kier alpha value is -2.70. The maximum Gasteiger partial charge on any atom is 0.322 e. The first-order valence-electron chi connectivity index (χ1n) is 7.85. The van der Waals surface area contributed by atoms with Crippen LogP contribution in [0.25, 0.3) is 0 Å². The third-order valence-corrected chi connectivity index (χ3v) is 4.14. The minimum absolute atomic E-state index is 0.0876. The minimum Gasteiger partial charge on any atom is -0.497 e. The smallest absolute Gasteiger partial charge is 0.322 e. The number of nitrogens with zero attached hydrogens (tertiary/aromatic N) is 2. The van der Waals surface area contributed by atoms with Crippen LogP contribution in [-0.4, -0.2) is 36.9 Å². The van der Waals surface area contributed by atoms with E-state index in [1.54, 1.807) is 37.3 Å². The lowest BCUT2D eigenvalue weighted by molar-refractivity contribution is 0.195. The zero-order valence-corrected chi connectivity index (χ0v) is 14.0. The Kier molecular flexibility index (Phi) is 4.59. The fraction of sp³-hybridized carbons (Fsp3) is 0.412. The fourth-order valence-corrected chi connectivity index (χ4v) is 2.93. The van der Waals surface area contributed by atoms with Gasteiger partial charge < -0.3 is 24.2 Å². The molecule has 0 radical (unpaired) electrons. The molecule has 24 heavy (non-hydrogen) atoms. The Morgan fingerprint density at radius 3 is 2.83 bits per heavy atom. The van der Waals surface area contributed by atoms with Crippen molar-refractivity contribution in [2.24, 2.45) is 0 Å². The molecule has 7 nitrogen and oxygen atoms in total. The van der Waals surface area contributed by atoms with E-state index >= 15 is 0 Å². The molecular formula is C17H21N3O4. The molecule has 1 saturated heterocycles. The van der Waals surface area contributed by atoms with Crippen molar-refractivity contribution in [2.75, 3.05) is 26.1 Å². The number of amides is 2. The molecular weight excluding hydrogens is 310 g/mol. The number of carbonyl (C=O) groups is 1. The van der Waals surface area contributed by atoms with Crippen molar-refractivity contribution < 1.29 is 18.8 Å². The van der Waals surface area contributed by atoms with Gasteiger partial charge in [-0.2, -0.15) is 0 Å². The quantitative estimate of drug-likeness (QED) is 0.929. The summed E-state index contributed by atoms with van der Waals surface area (Å²) in [6, 6.07) is 6.88. The van der Waals surface area contributed by atoms with Gasteiger partial charge in [0, 0.05) is 18.7 Å². The number of hydrogen-bond donors (Lipinski definition) is 1. The molecule has 0 spiro atoms. The van der Waals surface area contributed by atoms with Crippen molar-refractivity contribution >= 4 is 11.7 Å². The second-order valence-electron chi connectivity index (χ2n) is 5.72. The van der Waals surface area contributed by atoms with E-state index in [0.29, 0.717) is 23.7 Å². The third-order valence-electron chi connectivity index (χ3n) is 4.14. The molecule has 3 rings (SSSR count). The molecule has 0 aliphatic carbocycles. The van der Waals surface area contributed by atoms with Gasteiger partial charge in [0.25, 0.3) is 0 Å². The lowest BCUT2D eigenvalue weighted by Gasteiger charge is -2.23. The van der Waals surface area contributed by atoms with Gasteiger partial charge in [0.2, 0.25) is 0 Å². The van der Waals surface area contributed by atoms with Crippen molar-refractivity contribution in [3.8, 4) is 11.5 Å². The van der Waals surface area contributed by atoms with E-state index in [2.05, 4.69) is 10.5 Å². The number of ether oxygens (including phenoxy) is 2. The summed E-state index contributed by atoms with van der Waals surface area (Å²) < 4.78 is 15.8. The van der Waals surface area contributed by atoms with Gasteiger partial charge in [-0.1, -0.05) is 5.16 Å². The summed E-state index contributed by atoms with van der Waals surface area (Å²) in [6.07, 6.45) is 1.79. The fourth-order valence-electron chi connectivity index (χ4n) is 2.93. The first kappa shape index (κ1) is 16.2. The Morgan fingerprint density at radius 2 is 2.17 bits per heavy atom. The van der Waals surface area contributed by atoms with Gasteiger partial charge >= 0.3 is 6.03 Å². The highest BCUT2D eigenvalue weighted by molar-refractivity contribution is 5.91. The van der Waals surface area contributed by atoms with Crippen LogP contribution in [-0.2, 0) is 0 Å². The molecule has 1 unspecified atom stereocenters. The largest absolute Gasteiger partial charge is 0.497 e. The summed E-state index contributed by atoms with van der Waals surface area (Å²) in [5.74, 6) is 1.94. The van der Waals surface area contributed by atoms with Crippen LogP contribution in [0.15, 0.2) is 28.8 Å². The topological polar surface area (TPSA) is 76.8 Å². The number of anilines is 1. The molecule has 128 valence electrons. The van der Waals surface area contributed by atoms with E-state index in [1.165, 1.54) is 0 Å². The highest BCUT2D eigenvalue weighted by Crippen LogP contribution is 2.34. The molecule has 2 heterocycles. The molecule has 1 aromatic carbocycles. The highest BCUT2D eigenvalue weighted by Gasteiger charge is 2.33. The van der Waals surface area contributed by atoms with Gasteiger partial charge in [-0.25, -0.2) is 4.79 Å². The summed E-state index contributed by atoms with van der Waals surface area (Å²) in [5.41, 5.74) is 1.41. The Bertz CT molecular complexity index is 728. The second-order valence-corrected chi connectivity index (χ2v) is 5.72. The van der Waals surface area contributed by atoms with E-state index in [0.717, 1.165) is 24.3 Å². The van der Waals surface area contributed by atoms with Gasteiger partial charge in [0.15, 0.2) is 5.76 Å². The third kappa shape index (κ3) is 3.15. The Morgan fingerprint density at radius 1 is 1.33 bits per heavy atom. The molecule has 1 atom stereocenters. The van der Waals surface area contributed by atoms with Crippen LogP contribution >= 0.6 is 0 Å². The first-order valence-corrected chi connectivity index (χ1v) is 7.85. The maximum absolute atomic E-state index is 12.7. The summed E-state index contributed by atoms with van der Waals surface area (Å²) in [6.45, 7) is 2.54. The van der Waals surface area contributed by atoms with Gasteiger partial charge in [0.05, 0.1) is 31.6 Å². The van der Waals surface area contributed by atoms with Gasteiger partial charge in [-0.3, -0.25) is 0 Å². The Balaban J connectivity index is 1.77. The van der Waals surface area contributed by atoms with E-state index < -0.39 is 0 Å². The number of hydrogen-bond acceptors (Lipinski definition) is 5. The summed E-state index contributed by atoms with van der Waals surface area (Å²) in [5, 5.41) is 6.82. The lowest BCUT2D eigenvalue weighted by Crippen LogP contribution is -2.34. The van der Waals surface area contributed by atoms with E-state index in [4.69, 9.17) is 14.0 Å². The van der Waals surface area contributed by atoms with E-state index in [-0.39, 0.29) is 12.1 Å². The number of benzene rings is 1. The molecule has 7 heteroatoms. The molecule has 1 aromatic heterocycles. The number of nitrogens with one attached hydrogen (secondary N) is 1.